The van der Waals surface area contributed by atoms with Crippen LogP contribution in [0.15, 0.2) is 78.9 Å². The molecule has 33 heavy (non-hydrogen) atoms. The summed E-state index contributed by atoms with van der Waals surface area (Å²) in [5.41, 5.74) is 6.05. The minimum absolute atomic E-state index is 0.0237. The number of hydrogen-bond donors (Lipinski definition) is 1. The van der Waals surface area contributed by atoms with Crippen LogP contribution in [0.4, 0.5) is 5.69 Å². The lowest BCUT2D eigenvalue weighted by Gasteiger charge is -2.18. The van der Waals surface area contributed by atoms with E-state index in [-0.39, 0.29) is 12.3 Å². The molecule has 0 saturated heterocycles. The van der Waals surface area contributed by atoms with E-state index in [9.17, 15) is 9.59 Å². The molecule has 0 fully saturated rings. The van der Waals surface area contributed by atoms with Crippen LogP contribution in [0.2, 0.25) is 0 Å². The number of carbonyl (C=O) groups is 2. The first-order valence-electron chi connectivity index (χ1n) is 10.9. The summed E-state index contributed by atoms with van der Waals surface area (Å²) in [7, 11) is 0. The van der Waals surface area contributed by atoms with Crippen LogP contribution < -0.4 is 5.32 Å². The Hall–Kier alpha value is -3.99. The predicted octanol–water partition coefficient (Wildman–Crippen LogP) is 5.63. The maximum absolute atomic E-state index is 12.9. The van der Waals surface area contributed by atoms with Crippen LogP contribution in [0.25, 0.3) is 22.0 Å². The topological polar surface area (TPSA) is 68.3 Å². The van der Waals surface area contributed by atoms with Gasteiger partial charge in [-0.2, -0.15) is 0 Å². The Bertz CT molecular complexity index is 1320. The van der Waals surface area contributed by atoms with Crippen molar-refractivity contribution in [1.82, 2.24) is 4.98 Å². The van der Waals surface area contributed by atoms with Crippen molar-refractivity contribution in [1.29, 1.82) is 0 Å². The van der Waals surface area contributed by atoms with E-state index in [0.29, 0.717) is 5.69 Å². The lowest BCUT2D eigenvalue weighted by atomic mass is 9.93. The van der Waals surface area contributed by atoms with Crippen molar-refractivity contribution >= 4 is 28.5 Å². The molecule has 0 saturated carbocycles. The molecule has 0 bridgehead atoms. The zero-order valence-electron chi connectivity index (χ0n) is 19.0. The fourth-order valence-electron chi connectivity index (χ4n) is 3.91. The second-order valence-electron chi connectivity index (χ2n) is 8.05. The van der Waals surface area contributed by atoms with Crippen molar-refractivity contribution in [3.63, 3.8) is 0 Å². The van der Waals surface area contributed by atoms with Gasteiger partial charge in [0.15, 0.2) is 6.10 Å². The van der Waals surface area contributed by atoms with Gasteiger partial charge in [-0.1, -0.05) is 66.7 Å². The molecule has 4 aromatic rings. The Morgan fingerprint density at radius 3 is 2.33 bits per heavy atom. The third-order valence-corrected chi connectivity index (χ3v) is 5.66. The van der Waals surface area contributed by atoms with Gasteiger partial charge in [-0.05, 0) is 55.2 Å². The normalized spacial score (nSPS) is 11.7. The van der Waals surface area contributed by atoms with Gasteiger partial charge in [0, 0.05) is 16.8 Å². The number of benzene rings is 3. The molecule has 0 aliphatic carbocycles. The summed E-state index contributed by atoms with van der Waals surface area (Å²) in [5, 5.41) is 3.80. The van der Waals surface area contributed by atoms with Crippen molar-refractivity contribution in [3.05, 3.63) is 95.7 Å². The first kappa shape index (κ1) is 22.2. The van der Waals surface area contributed by atoms with E-state index in [0.717, 1.165) is 38.9 Å². The number of anilines is 1. The monoisotopic (exact) mass is 438 g/mol. The van der Waals surface area contributed by atoms with Crippen LogP contribution in [-0.4, -0.2) is 23.0 Å². The molecule has 166 valence electrons. The highest BCUT2D eigenvalue weighted by Crippen LogP contribution is 2.33. The van der Waals surface area contributed by atoms with E-state index in [2.05, 4.69) is 5.32 Å². The van der Waals surface area contributed by atoms with Crippen LogP contribution in [-0.2, 0) is 20.7 Å². The molecule has 0 aliphatic heterocycles. The molecule has 0 aliphatic rings. The second kappa shape index (κ2) is 9.65. The maximum atomic E-state index is 12.9. The third kappa shape index (κ3) is 4.93. The number of rotatable bonds is 6. The molecular formula is C28H26N2O3. The minimum atomic E-state index is -0.925. The van der Waals surface area contributed by atoms with Gasteiger partial charge in [0.25, 0.3) is 5.91 Å². The molecule has 1 atom stereocenters. The average Bonchev–Trinajstić information content (AvgIpc) is 2.81. The van der Waals surface area contributed by atoms with E-state index in [1.54, 1.807) is 6.92 Å². The molecule has 1 N–H and O–H groups in total. The average molecular weight is 439 g/mol. The number of nitrogens with one attached hydrogen (secondary N) is 1. The lowest BCUT2D eigenvalue weighted by molar-refractivity contribution is -0.152. The number of esters is 1. The largest absolute Gasteiger partial charge is 0.452 e. The minimum Gasteiger partial charge on any atom is -0.452 e. The maximum Gasteiger partial charge on any atom is 0.311 e. The van der Waals surface area contributed by atoms with Crippen molar-refractivity contribution in [3.8, 4) is 11.1 Å². The standard InChI is InChI=1S/C28H26N2O3/c1-18-11-7-9-15-24(18)30-28(32)20(3)33-26(31)17-23-19(2)29-25-16-10-8-14-22(25)27(23)21-12-5-4-6-13-21/h4-16,20H,17H2,1-3H3,(H,30,32). The zero-order valence-corrected chi connectivity index (χ0v) is 19.0. The van der Waals surface area contributed by atoms with Gasteiger partial charge in [0.05, 0.1) is 11.9 Å². The number of para-hydroxylation sites is 2. The number of nitrogens with zero attached hydrogens (tertiary/aromatic N) is 1. The van der Waals surface area contributed by atoms with Crippen LogP contribution in [0.3, 0.4) is 0 Å². The van der Waals surface area contributed by atoms with Crippen molar-refractivity contribution in [2.45, 2.75) is 33.3 Å². The highest BCUT2D eigenvalue weighted by molar-refractivity contribution is 5.99. The van der Waals surface area contributed by atoms with Crippen LogP contribution >= 0.6 is 0 Å². The first-order chi connectivity index (χ1) is 15.9. The van der Waals surface area contributed by atoms with E-state index >= 15 is 0 Å². The number of pyridine rings is 1. The highest BCUT2D eigenvalue weighted by atomic mass is 16.5. The number of aryl methyl sites for hydroxylation is 2. The van der Waals surface area contributed by atoms with Crippen molar-refractivity contribution in [2.24, 2.45) is 0 Å². The molecule has 5 nitrogen and oxygen atoms in total. The van der Waals surface area contributed by atoms with Gasteiger partial charge >= 0.3 is 5.97 Å². The highest BCUT2D eigenvalue weighted by Gasteiger charge is 2.22. The van der Waals surface area contributed by atoms with Crippen molar-refractivity contribution < 1.29 is 14.3 Å². The van der Waals surface area contributed by atoms with Gasteiger partial charge in [-0.25, -0.2) is 0 Å². The fraction of sp³-hybridized carbons (Fsp3) is 0.179. The fourth-order valence-corrected chi connectivity index (χ4v) is 3.91. The Morgan fingerprint density at radius 1 is 0.909 bits per heavy atom. The Morgan fingerprint density at radius 2 is 1.58 bits per heavy atom. The molecule has 1 unspecified atom stereocenters. The SMILES string of the molecule is Cc1ccccc1NC(=O)C(C)OC(=O)Cc1c(C)nc2ccccc2c1-c1ccccc1. The molecule has 0 spiro atoms. The third-order valence-electron chi connectivity index (χ3n) is 5.66. The van der Waals surface area contributed by atoms with Crippen molar-refractivity contribution in [2.75, 3.05) is 5.32 Å². The summed E-state index contributed by atoms with van der Waals surface area (Å²) >= 11 is 0. The van der Waals surface area contributed by atoms with Gasteiger partial charge < -0.3 is 10.1 Å². The smallest absolute Gasteiger partial charge is 0.311 e. The summed E-state index contributed by atoms with van der Waals surface area (Å²) in [4.78, 5) is 30.2. The number of hydrogen-bond acceptors (Lipinski definition) is 4. The Balaban J connectivity index is 1.58. The number of aromatic nitrogens is 1. The molecule has 1 heterocycles. The summed E-state index contributed by atoms with van der Waals surface area (Å²) < 4.78 is 5.51. The molecular weight excluding hydrogens is 412 g/mol. The van der Waals surface area contributed by atoms with Gasteiger partial charge in [0.1, 0.15) is 0 Å². The van der Waals surface area contributed by atoms with E-state index in [1.165, 1.54) is 0 Å². The summed E-state index contributed by atoms with van der Waals surface area (Å²) in [6, 6.07) is 25.3. The first-order valence-corrected chi connectivity index (χ1v) is 10.9. The van der Waals surface area contributed by atoms with E-state index in [1.807, 2.05) is 92.7 Å². The molecule has 1 amide bonds. The number of ether oxygens (including phenoxy) is 1. The Labute approximate surface area is 193 Å². The molecule has 3 aromatic carbocycles. The molecule has 4 rings (SSSR count). The van der Waals surface area contributed by atoms with Gasteiger partial charge in [-0.3, -0.25) is 14.6 Å². The van der Waals surface area contributed by atoms with E-state index in [4.69, 9.17) is 9.72 Å². The molecule has 1 aromatic heterocycles. The summed E-state index contributed by atoms with van der Waals surface area (Å²) in [6.07, 6.45) is -0.901. The Kier molecular flexibility index (Phi) is 6.50. The van der Waals surface area contributed by atoms with Crippen LogP contribution in [0, 0.1) is 13.8 Å². The van der Waals surface area contributed by atoms with Crippen LogP contribution in [0.5, 0.6) is 0 Å². The predicted molar refractivity (Wildman–Crippen MR) is 131 cm³/mol. The zero-order chi connectivity index (χ0) is 23.4. The lowest BCUT2D eigenvalue weighted by Crippen LogP contribution is -2.30. The number of amides is 1. The number of fused-ring (bicyclic) bond motifs is 1. The number of carbonyl (C=O) groups excluding carboxylic acids is 2. The van der Waals surface area contributed by atoms with Gasteiger partial charge in [-0.15, -0.1) is 0 Å². The molecule has 0 radical (unpaired) electrons. The van der Waals surface area contributed by atoms with Crippen LogP contribution in [0.1, 0.15) is 23.7 Å². The van der Waals surface area contributed by atoms with Gasteiger partial charge in [0.2, 0.25) is 0 Å². The molecule has 5 heteroatoms. The second-order valence-corrected chi connectivity index (χ2v) is 8.05. The van der Waals surface area contributed by atoms with E-state index < -0.39 is 12.1 Å². The quantitative estimate of drug-likeness (QED) is 0.396. The summed E-state index contributed by atoms with van der Waals surface area (Å²) in [6.45, 7) is 5.39. The summed E-state index contributed by atoms with van der Waals surface area (Å²) in [5.74, 6) is -0.839.